The molecule has 1 heterocycles. The number of hydrogen-bond donors (Lipinski definition) is 2. The van der Waals surface area contributed by atoms with Gasteiger partial charge in [0, 0.05) is 40.6 Å². The van der Waals surface area contributed by atoms with E-state index in [1.165, 1.54) is 13.2 Å². The maximum Gasteiger partial charge on any atom is 0.254 e. The number of ketones is 1. The molecule has 5 rings (SSSR count). The van der Waals surface area contributed by atoms with Crippen molar-refractivity contribution in [3.8, 4) is 5.75 Å². The van der Waals surface area contributed by atoms with Crippen molar-refractivity contribution < 1.29 is 23.1 Å². The molecule has 188 valence electrons. The van der Waals surface area contributed by atoms with Gasteiger partial charge in [0.05, 0.1) is 18.7 Å². The summed E-state index contributed by atoms with van der Waals surface area (Å²) in [5.41, 5.74) is 3.69. The van der Waals surface area contributed by atoms with Gasteiger partial charge in [-0.15, -0.1) is 0 Å². The van der Waals surface area contributed by atoms with Crippen molar-refractivity contribution in [2.45, 2.75) is 31.6 Å². The summed E-state index contributed by atoms with van der Waals surface area (Å²) in [7, 11) is 1.54. The van der Waals surface area contributed by atoms with Crippen LogP contribution >= 0.6 is 0 Å². The average Bonchev–Trinajstić information content (AvgIpc) is 2.89. The SMILES string of the molecule is COc1ccccc1[C@H]1C(C(=O)Nc2ccc(F)cc2F)=C(C)NC2=C1C(=O)C[C@@H](c1ccccc1)C2. The summed E-state index contributed by atoms with van der Waals surface area (Å²) >= 11 is 0. The number of halogens is 2. The normalized spacial score (nSPS) is 19.3. The van der Waals surface area contributed by atoms with Gasteiger partial charge in [-0.2, -0.15) is 0 Å². The van der Waals surface area contributed by atoms with Crippen molar-refractivity contribution in [3.63, 3.8) is 0 Å². The molecule has 1 aliphatic carbocycles. The summed E-state index contributed by atoms with van der Waals surface area (Å²) < 4.78 is 33.4. The fourth-order valence-electron chi connectivity index (χ4n) is 5.30. The van der Waals surface area contributed by atoms with Gasteiger partial charge in [-0.25, -0.2) is 8.78 Å². The molecule has 2 aliphatic rings. The van der Waals surface area contributed by atoms with E-state index < -0.39 is 23.5 Å². The third kappa shape index (κ3) is 4.65. The van der Waals surface area contributed by atoms with E-state index in [1.54, 1.807) is 13.0 Å². The molecule has 2 atom stereocenters. The van der Waals surface area contributed by atoms with Gasteiger partial charge in [0.25, 0.3) is 5.91 Å². The van der Waals surface area contributed by atoms with E-state index in [1.807, 2.05) is 48.5 Å². The van der Waals surface area contributed by atoms with Gasteiger partial charge in [0.2, 0.25) is 0 Å². The van der Waals surface area contributed by atoms with E-state index in [0.717, 1.165) is 17.3 Å². The van der Waals surface area contributed by atoms with Crippen LogP contribution in [0.4, 0.5) is 14.5 Å². The largest absolute Gasteiger partial charge is 0.496 e. The predicted octanol–water partition coefficient (Wildman–Crippen LogP) is 5.97. The number of rotatable bonds is 5. The summed E-state index contributed by atoms with van der Waals surface area (Å²) in [6.07, 6.45) is 0.909. The Morgan fingerprint density at radius 1 is 1.00 bits per heavy atom. The maximum absolute atomic E-state index is 14.4. The molecule has 7 heteroatoms. The third-order valence-corrected chi connectivity index (χ3v) is 6.97. The van der Waals surface area contributed by atoms with E-state index in [2.05, 4.69) is 10.6 Å². The Hall–Kier alpha value is -4.26. The van der Waals surface area contributed by atoms with Crippen molar-refractivity contribution in [1.82, 2.24) is 5.32 Å². The highest BCUT2D eigenvalue weighted by molar-refractivity contribution is 6.10. The Morgan fingerprint density at radius 3 is 2.46 bits per heavy atom. The van der Waals surface area contributed by atoms with Crippen LogP contribution in [0.1, 0.15) is 42.7 Å². The van der Waals surface area contributed by atoms with Crippen LogP contribution in [0.15, 0.2) is 95.3 Å². The lowest BCUT2D eigenvalue weighted by Gasteiger charge is -2.37. The standard InChI is InChI=1S/C30H26F2N2O3/c1-17-27(30(36)34-23-13-12-20(31)16-22(23)32)28(21-10-6-7-11-26(21)37-2)29-24(33-17)14-19(15-25(29)35)18-8-4-3-5-9-18/h3-13,16,19,28,33H,14-15H2,1-2H3,(H,34,36)/t19-,28-/m0/s1. The molecule has 0 saturated carbocycles. The molecule has 3 aromatic carbocycles. The number of ether oxygens (including phenoxy) is 1. The molecule has 0 bridgehead atoms. The molecule has 0 fully saturated rings. The summed E-state index contributed by atoms with van der Waals surface area (Å²) in [6, 6.07) is 20.1. The topological polar surface area (TPSA) is 67.4 Å². The predicted molar refractivity (Wildman–Crippen MR) is 137 cm³/mol. The van der Waals surface area contributed by atoms with Gasteiger partial charge in [0.15, 0.2) is 5.78 Å². The molecule has 0 unspecified atom stereocenters. The fourth-order valence-corrected chi connectivity index (χ4v) is 5.30. The number of methoxy groups -OCH3 is 1. The zero-order chi connectivity index (χ0) is 26.1. The van der Waals surface area contributed by atoms with Crippen LogP contribution in [0.2, 0.25) is 0 Å². The minimum atomic E-state index is -0.886. The molecule has 2 N–H and O–H groups in total. The number of allylic oxidation sites excluding steroid dienone is 3. The number of benzene rings is 3. The highest BCUT2D eigenvalue weighted by Gasteiger charge is 2.42. The summed E-state index contributed by atoms with van der Waals surface area (Å²) in [6.45, 7) is 1.76. The van der Waals surface area contributed by atoms with Gasteiger partial charge < -0.3 is 15.4 Å². The lowest BCUT2D eigenvalue weighted by Crippen LogP contribution is -2.37. The number of para-hydroxylation sites is 1. The number of carbonyl (C=O) groups excluding carboxylic acids is 2. The second kappa shape index (κ2) is 10.0. The van der Waals surface area contributed by atoms with E-state index in [9.17, 15) is 18.4 Å². The number of Topliss-reactive ketones (excluding diaryl/α,β-unsaturated/α-hetero) is 1. The molecule has 3 aromatic rings. The fraction of sp³-hybridized carbons (Fsp3) is 0.200. The van der Waals surface area contributed by atoms with Crippen molar-refractivity contribution in [2.75, 3.05) is 12.4 Å². The Morgan fingerprint density at radius 2 is 1.73 bits per heavy atom. The van der Waals surface area contributed by atoms with Crippen molar-refractivity contribution in [1.29, 1.82) is 0 Å². The van der Waals surface area contributed by atoms with E-state index in [4.69, 9.17) is 4.74 Å². The molecule has 1 aliphatic heterocycles. The smallest absolute Gasteiger partial charge is 0.254 e. The number of amides is 1. The van der Waals surface area contributed by atoms with Gasteiger partial charge in [-0.3, -0.25) is 9.59 Å². The van der Waals surface area contributed by atoms with Crippen LogP contribution in [-0.2, 0) is 9.59 Å². The van der Waals surface area contributed by atoms with Gasteiger partial charge in [-0.05, 0) is 43.0 Å². The summed E-state index contributed by atoms with van der Waals surface area (Å²) in [5, 5.41) is 5.88. The van der Waals surface area contributed by atoms with E-state index >= 15 is 0 Å². The highest BCUT2D eigenvalue weighted by Crippen LogP contribution is 2.47. The quantitative estimate of drug-likeness (QED) is 0.453. The van der Waals surface area contributed by atoms with Crippen LogP contribution in [0.3, 0.4) is 0 Å². The Balaban J connectivity index is 1.59. The highest BCUT2D eigenvalue weighted by atomic mass is 19.1. The zero-order valence-corrected chi connectivity index (χ0v) is 20.5. The van der Waals surface area contributed by atoms with Gasteiger partial charge in [0.1, 0.15) is 17.4 Å². The number of carbonyl (C=O) groups is 2. The Bertz CT molecular complexity index is 1450. The van der Waals surface area contributed by atoms with Crippen LogP contribution in [0, 0.1) is 11.6 Å². The molecule has 5 nitrogen and oxygen atoms in total. The Kier molecular flexibility index (Phi) is 6.61. The van der Waals surface area contributed by atoms with Crippen LogP contribution < -0.4 is 15.4 Å². The van der Waals surface area contributed by atoms with Crippen molar-refractivity contribution in [2.24, 2.45) is 0 Å². The minimum absolute atomic E-state index is 0.00903. The molecular formula is C30H26F2N2O3. The first-order valence-corrected chi connectivity index (χ1v) is 12.1. The van der Waals surface area contributed by atoms with E-state index in [0.29, 0.717) is 41.5 Å². The lowest BCUT2D eigenvalue weighted by molar-refractivity contribution is -0.116. The number of nitrogens with one attached hydrogen (secondary N) is 2. The molecule has 0 saturated heterocycles. The Labute approximate surface area is 213 Å². The van der Waals surface area contributed by atoms with Crippen LogP contribution in [0.25, 0.3) is 0 Å². The third-order valence-electron chi connectivity index (χ3n) is 6.97. The van der Waals surface area contributed by atoms with Crippen molar-refractivity contribution >= 4 is 17.4 Å². The molecule has 0 aromatic heterocycles. The first-order chi connectivity index (χ1) is 17.9. The first-order valence-electron chi connectivity index (χ1n) is 12.1. The molecular weight excluding hydrogens is 474 g/mol. The summed E-state index contributed by atoms with van der Waals surface area (Å²) in [4.78, 5) is 27.3. The molecule has 0 radical (unpaired) electrons. The number of anilines is 1. The molecule has 0 spiro atoms. The minimum Gasteiger partial charge on any atom is -0.496 e. The molecule has 1 amide bonds. The maximum atomic E-state index is 14.4. The monoisotopic (exact) mass is 500 g/mol. The second-order valence-corrected chi connectivity index (χ2v) is 9.25. The second-order valence-electron chi connectivity index (χ2n) is 9.25. The summed E-state index contributed by atoms with van der Waals surface area (Å²) in [5.74, 6) is -2.46. The van der Waals surface area contributed by atoms with Crippen molar-refractivity contribution in [3.05, 3.63) is 118 Å². The lowest BCUT2D eigenvalue weighted by atomic mass is 9.71. The zero-order valence-electron chi connectivity index (χ0n) is 20.5. The molecule has 37 heavy (non-hydrogen) atoms. The van der Waals surface area contributed by atoms with Crippen LogP contribution in [0.5, 0.6) is 5.75 Å². The number of hydrogen-bond acceptors (Lipinski definition) is 4. The van der Waals surface area contributed by atoms with Crippen LogP contribution in [-0.4, -0.2) is 18.8 Å². The van der Waals surface area contributed by atoms with Gasteiger partial charge in [-0.1, -0.05) is 48.5 Å². The van der Waals surface area contributed by atoms with E-state index in [-0.39, 0.29) is 23.0 Å². The first kappa shape index (κ1) is 24.4. The average molecular weight is 501 g/mol. The van der Waals surface area contributed by atoms with Gasteiger partial charge >= 0.3 is 0 Å². The number of dihydropyridines is 1.